The van der Waals surface area contributed by atoms with Gasteiger partial charge in [-0.3, -0.25) is 14.9 Å². The lowest BCUT2D eigenvalue weighted by atomic mass is 10.2. The first kappa shape index (κ1) is 18.9. The van der Waals surface area contributed by atoms with Crippen LogP contribution in [0.15, 0.2) is 52.1 Å². The number of benzene rings is 2. The lowest BCUT2D eigenvalue weighted by Crippen LogP contribution is -2.14. The molecule has 0 aliphatic carbocycles. The Morgan fingerprint density at radius 1 is 1.26 bits per heavy atom. The van der Waals surface area contributed by atoms with Gasteiger partial charge in [0.05, 0.1) is 10.7 Å². The number of para-hydroxylation sites is 1. The molecule has 1 N–H and O–H groups in total. The van der Waals surface area contributed by atoms with Crippen LogP contribution in [0, 0.1) is 17.0 Å². The van der Waals surface area contributed by atoms with Gasteiger partial charge in [0.2, 0.25) is 5.91 Å². The highest BCUT2D eigenvalue weighted by atomic mass is 35.5. The van der Waals surface area contributed by atoms with Crippen LogP contribution in [0.4, 0.5) is 11.4 Å². The Balaban J connectivity index is 1.66. The smallest absolute Gasteiger partial charge is 0.282 e. The fourth-order valence-corrected chi connectivity index (χ4v) is 2.98. The van der Waals surface area contributed by atoms with E-state index in [9.17, 15) is 14.9 Å². The second-order valence-electron chi connectivity index (χ2n) is 5.40. The zero-order chi connectivity index (χ0) is 19.4. The maximum Gasteiger partial charge on any atom is 0.282 e. The van der Waals surface area contributed by atoms with E-state index in [-0.39, 0.29) is 34.0 Å². The molecule has 8 nitrogen and oxygen atoms in total. The Hall–Kier alpha value is -2.91. The van der Waals surface area contributed by atoms with Crippen LogP contribution < -0.4 is 5.32 Å². The summed E-state index contributed by atoms with van der Waals surface area (Å²) < 4.78 is 5.44. The molecule has 0 saturated carbocycles. The van der Waals surface area contributed by atoms with E-state index in [1.807, 2.05) is 6.92 Å². The van der Waals surface area contributed by atoms with Crippen molar-refractivity contribution >= 4 is 40.6 Å². The molecule has 2 aromatic carbocycles. The number of carbonyl (C=O) groups is 1. The van der Waals surface area contributed by atoms with E-state index in [4.69, 9.17) is 16.0 Å². The van der Waals surface area contributed by atoms with Crippen molar-refractivity contribution in [3.05, 3.63) is 63.2 Å². The monoisotopic (exact) mass is 404 g/mol. The summed E-state index contributed by atoms with van der Waals surface area (Å²) in [5, 5.41) is 22.2. The van der Waals surface area contributed by atoms with E-state index in [2.05, 4.69) is 15.5 Å². The van der Waals surface area contributed by atoms with Crippen LogP contribution in [0.5, 0.6) is 0 Å². The minimum absolute atomic E-state index is 0.0240. The van der Waals surface area contributed by atoms with Crippen LogP contribution in [0.3, 0.4) is 0 Å². The average Bonchev–Trinajstić information content (AvgIpc) is 3.13. The van der Waals surface area contributed by atoms with Gasteiger partial charge in [-0.1, -0.05) is 41.6 Å². The van der Waals surface area contributed by atoms with Crippen molar-refractivity contribution in [3.63, 3.8) is 0 Å². The molecule has 0 unspecified atom stereocenters. The molecule has 0 spiro atoms. The highest BCUT2D eigenvalue weighted by Crippen LogP contribution is 2.30. The van der Waals surface area contributed by atoms with Crippen molar-refractivity contribution in [2.45, 2.75) is 12.1 Å². The number of rotatable bonds is 6. The summed E-state index contributed by atoms with van der Waals surface area (Å²) in [6.45, 7) is 1.81. The molecule has 1 amide bonds. The SMILES string of the molecule is Cc1c(Cl)cccc1NC(=O)CSc1nnc(-c2ccccc2[N+](=O)[O-])o1. The molecule has 1 heterocycles. The first-order valence-electron chi connectivity index (χ1n) is 7.71. The normalized spacial score (nSPS) is 10.6. The topological polar surface area (TPSA) is 111 Å². The van der Waals surface area contributed by atoms with Crippen LogP contribution in [0.25, 0.3) is 11.5 Å². The summed E-state index contributed by atoms with van der Waals surface area (Å²) in [5.74, 6) is -0.212. The van der Waals surface area contributed by atoms with Gasteiger partial charge >= 0.3 is 0 Å². The molecule has 0 radical (unpaired) electrons. The van der Waals surface area contributed by atoms with Gasteiger partial charge in [0, 0.05) is 16.8 Å². The zero-order valence-electron chi connectivity index (χ0n) is 14.0. The molecule has 0 aliphatic heterocycles. The third-order valence-corrected chi connectivity index (χ3v) is 4.83. The lowest BCUT2D eigenvalue weighted by molar-refractivity contribution is -0.384. The number of thioether (sulfide) groups is 1. The highest BCUT2D eigenvalue weighted by Gasteiger charge is 2.20. The number of nitrogens with one attached hydrogen (secondary N) is 1. The van der Waals surface area contributed by atoms with E-state index < -0.39 is 4.92 Å². The number of halogens is 1. The standard InChI is InChI=1S/C17H13ClN4O4S/c1-10-12(18)6-4-7-13(10)19-15(23)9-27-17-21-20-16(26-17)11-5-2-3-8-14(11)22(24)25/h2-8H,9H2,1H3,(H,19,23). The number of aromatic nitrogens is 2. The van der Waals surface area contributed by atoms with Gasteiger partial charge < -0.3 is 9.73 Å². The molecule has 0 bridgehead atoms. The number of nitro benzene ring substituents is 1. The number of hydrogen-bond acceptors (Lipinski definition) is 7. The van der Waals surface area contributed by atoms with Crippen molar-refractivity contribution in [2.24, 2.45) is 0 Å². The zero-order valence-corrected chi connectivity index (χ0v) is 15.6. The third kappa shape index (κ3) is 4.44. The first-order chi connectivity index (χ1) is 13.0. The lowest BCUT2D eigenvalue weighted by Gasteiger charge is -2.08. The van der Waals surface area contributed by atoms with Gasteiger partial charge in [-0.2, -0.15) is 0 Å². The van der Waals surface area contributed by atoms with Crippen LogP contribution in [-0.2, 0) is 4.79 Å². The summed E-state index contributed by atoms with van der Waals surface area (Å²) in [4.78, 5) is 22.7. The van der Waals surface area contributed by atoms with E-state index in [0.29, 0.717) is 10.7 Å². The second kappa shape index (κ2) is 8.19. The highest BCUT2D eigenvalue weighted by molar-refractivity contribution is 7.99. The second-order valence-corrected chi connectivity index (χ2v) is 6.73. The molecule has 1 aromatic heterocycles. The molecule has 0 aliphatic rings. The van der Waals surface area contributed by atoms with Crippen molar-refractivity contribution in [1.29, 1.82) is 0 Å². The molecule has 0 fully saturated rings. The maximum atomic E-state index is 12.1. The van der Waals surface area contributed by atoms with Crippen LogP contribution in [-0.4, -0.2) is 26.8 Å². The quantitative estimate of drug-likeness (QED) is 0.369. The number of hydrogen-bond donors (Lipinski definition) is 1. The third-order valence-electron chi connectivity index (χ3n) is 3.61. The molecular weight excluding hydrogens is 392 g/mol. The van der Waals surface area contributed by atoms with Gasteiger partial charge in [0.1, 0.15) is 5.56 Å². The van der Waals surface area contributed by atoms with Crippen molar-refractivity contribution < 1.29 is 14.1 Å². The van der Waals surface area contributed by atoms with Crippen molar-refractivity contribution in [2.75, 3.05) is 11.1 Å². The first-order valence-corrected chi connectivity index (χ1v) is 9.07. The Bertz CT molecular complexity index is 1010. The van der Waals surface area contributed by atoms with Crippen LogP contribution in [0.1, 0.15) is 5.56 Å². The number of nitro groups is 1. The van der Waals surface area contributed by atoms with Crippen molar-refractivity contribution in [3.8, 4) is 11.5 Å². The van der Waals surface area contributed by atoms with Crippen LogP contribution >= 0.6 is 23.4 Å². The number of carbonyl (C=O) groups excluding carboxylic acids is 1. The Morgan fingerprint density at radius 2 is 2.04 bits per heavy atom. The fraction of sp³-hybridized carbons (Fsp3) is 0.118. The largest absolute Gasteiger partial charge is 0.411 e. The van der Waals surface area contributed by atoms with Gasteiger partial charge in [-0.05, 0) is 30.7 Å². The molecule has 0 atom stereocenters. The summed E-state index contributed by atoms with van der Waals surface area (Å²) in [5.41, 5.74) is 1.49. The molecular formula is C17H13ClN4O4S. The summed E-state index contributed by atoms with van der Waals surface area (Å²) in [6.07, 6.45) is 0. The predicted molar refractivity (Wildman–Crippen MR) is 102 cm³/mol. The summed E-state index contributed by atoms with van der Waals surface area (Å²) in [7, 11) is 0. The van der Waals surface area contributed by atoms with E-state index in [0.717, 1.165) is 17.3 Å². The number of anilines is 1. The Morgan fingerprint density at radius 3 is 2.81 bits per heavy atom. The van der Waals surface area contributed by atoms with E-state index in [1.165, 1.54) is 12.1 Å². The van der Waals surface area contributed by atoms with Gasteiger partial charge in [0.25, 0.3) is 16.8 Å². The van der Waals surface area contributed by atoms with Gasteiger partial charge in [0.15, 0.2) is 0 Å². The predicted octanol–water partition coefficient (Wildman–Crippen LogP) is 4.34. The number of amides is 1. The molecule has 138 valence electrons. The number of nitrogens with zero attached hydrogens (tertiary/aromatic N) is 3. The maximum absolute atomic E-state index is 12.1. The minimum Gasteiger partial charge on any atom is -0.411 e. The Kier molecular flexibility index (Phi) is 5.72. The van der Waals surface area contributed by atoms with Gasteiger partial charge in [-0.25, -0.2) is 0 Å². The van der Waals surface area contributed by atoms with E-state index >= 15 is 0 Å². The molecule has 10 heteroatoms. The van der Waals surface area contributed by atoms with Crippen molar-refractivity contribution in [1.82, 2.24) is 10.2 Å². The summed E-state index contributed by atoms with van der Waals surface area (Å²) >= 11 is 7.06. The molecule has 0 saturated heterocycles. The van der Waals surface area contributed by atoms with E-state index in [1.54, 1.807) is 30.3 Å². The fourth-order valence-electron chi connectivity index (χ4n) is 2.25. The molecule has 3 aromatic rings. The molecule has 3 rings (SSSR count). The summed E-state index contributed by atoms with van der Waals surface area (Å²) in [6, 6.07) is 11.3. The van der Waals surface area contributed by atoms with Crippen LogP contribution in [0.2, 0.25) is 5.02 Å². The van der Waals surface area contributed by atoms with Gasteiger partial charge in [-0.15, -0.1) is 10.2 Å². The minimum atomic E-state index is -0.521. The Labute approximate surface area is 163 Å². The molecule has 27 heavy (non-hydrogen) atoms. The average molecular weight is 405 g/mol.